The van der Waals surface area contributed by atoms with Crippen molar-refractivity contribution in [2.45, 2.75) is 17.3 Å². The van der Waals surface area contributed by atoms with Gasteiger partial charge < -0.3 is 10.1 Å². The van der Waals surface area contributed by atoms with Crippen LogP contribution in [0.3, 0.4) is 0 Å². The maximum absolute atomic E-state index is 12.4. The highest BCUT2D eigenvalue weighted by Gasteiger charge is 2.29. The Hall–Kier alpha value is -3.21. The molecule has 0 atom stereocenters. The number of ether oxygens (including phenoxy) is 1. The van der Waals surface area contributed by atoms with Crippen LogP contribution in [0.5, 0.6) is 11.5 Å². The van der Waals surface area contributed by atoms with Crippen LogP contribution in [0.25, 0.3) is 0 Å². The van der Waals surface area contributed by atoms with Gasteiger partial charge in [-0.25, -0.2) is 19.4 Å². The van der Waals surface area contributed by atoms with E-state index >= 15 is 0 Å². The highest BCUT2D eigenvalue weighted by Crippen LogP contribution is 2.38. The molecule has 5 amide bonds. The molecule has 0 bridgehead atoms. The number of anilines is 1. The van der Waals surface area contributed by atoms with Crippen LogP contribution in [-0.4, -0.2) is 43.0 Å². The predicted octanol–water partition coefficient (Wildman–Crippen LogP) is 4.75. The van der Waals surface area contributed by atoms with E-state index in [-0.39, 0.29) is 28.8 Å². The lowest BCUT2D eigenvalue weighted by Gasteiger charge is -2.22. The van der Waals surface area contributed by atoms with Crippen LogP contribution in [0.15, 0.2) is 47.4 Å². The Morgan fingerprint density at radius 2 is 1.77 bits per heavy atom. The zero-order chi connectivity index (χ0) is 22.5. The summed E-state index contributed by atoms with van der Waals surface area (Å²) in [6, 6.07) is 8.31. The Balaban J connectivity index is 2.17. The number of imide groups is 2. The van der Waals surface area contributed by atoms with Gasteiger partial charge in [0.15, 0.2) is 0 Å². The van der Waals surface area contributed by atoms with Crippen LogP contribution in [0.2, 0.25) is 0 Å². The summed E-state index contributed by atoms with van der Waals surface area (Å²) in [5, 5.41) is 2.28. The normalized spacial score (nSPS) is 10.9. The van der Waals surface area contributed by atoms with Crippen LogP contribution in [0.1, 0.15) is 5.56 Å². The van der Waals surface area contributed by atoms with E-state index < -0.39 is 17.6 Å². The fourth-order valence-electron chi connectivity index (χ4n) is 2.37. The number of hydrogen-bond donors (Lipinski definition) is 1. The molecule has 0 saturated heterocycles. The molecule has 0 aromatic heterocycles. The summed E-state index contributed by atoms with van der Waals surface area (Å²) in [6.07, 6.45) is 0.286. The number of carbonyl (C=O) groups excluding carboxylic acids is 3. The lowest BCUT2D eigenvalue weighted by atomic mass is 10.2. The number of aryl methyl sites for hydroxylation is 1. The van der Waals surface area contributed by atoms with Gasteiger partial charge in [-0.2, -0.15) is 13.2 Å². The maximum atomic E-state index is 12.4. The average molecular weight is 441 g/mol. The average Bonchev–Trinajstić information content (AvgIpc) is 2.69. The maximum Gasteiger partial charge on any atom is 0.446 e. The number of nitrogens with zero attached hydrogens (tertiary/aromatic N) is 2. The molecule has 0 saturated carbocycles. The van der Waals surface area contributed by atoms with Gasteiger partial charge in [0.1, 0.15) is 11.5 Å². The summed E-state index contributed by atoms with van der Waals surface area (Å²) < 4.78 is 42.9. The SMILES string of the molecule is CNC(=O)N(C)C(=O)N(C=O)c1ccc(Oc2ccc(SC(F)(F)F)cc2)c(C)c1. The number of urea groups is 2. The van der Waals surface area contributed by atoms with Gasteiger partial charge in [0.05, 0.1) is 5.69 Å². The summed E-state index contributed by atoms with van der Waals surface area (Å²) >= 11 is -0.223. The van der Waals surface area contributed by atoms with Crippen LogP contribution in [0.4, 0.5) is 28.4 Å². The van der Waals surface area contributed by atoms with Crippen LogP contribution < -0.4 is 15.0 Å². The smallest absolute Gasteiger partial charge is 0.446 e. The second-order valence-corrected chi connectivity index (χ2v) is 7.08. The molecule has 0 aliphatic heterocycles. The minimum absolute atomic E-state index is 0.0299. The van der Waals surface area contributed by atoms with Gasteiger partial charge in [-0.1, -0.05) is 0 Å². The third-order valence-corrected chi connectivity index (χ3v) is 4.58. The molecule has 2 aromatic rings. The number of halogens is 3. The van der Waals surface area contributed by atoms with Crippen molar-refractivity contribution in [1.29, 1.82) is 0 Å². The molecule has 11 heteroatoms. The fraction of sp³-hybridized carbons (Fsp3) is 0.211. The number of thioether (sulfide) groups is 1. The van der Waals surface area contributed by atoms with Gasteiger partial charge in [-0.3, -0.25) is 4.79 Å². The van der Waals surface area contributed by atoms with E-state index in [0.717, 1.165) is 9.80 Å². The van der Waals surface area contributed by atoms with Crippen molar-refractivity contribution < 1.29 is 32.3 Å². The van der Waals surface area contributed by atoms with E-state index in [0.29, 0.717) is 17.1 Å². The first-order chi connectivity index (χ1) is 14.1. The quantitative estimate of drug-likeness (QED) is 0.535. The highest BCUT2D eigenvalue weighted by molar-refractivity contribution is 8.00. The Bertz CT molecular complexity index is 936. The fourth-order valence-corrected chi connectivity index (χ4v) is 2.91. The van der Waals surface area contributed by atoms with E-state index in [1.54, 1.807) is 6.92 Å². The van der Waals surface area contributed by atoms with Crippen LogP contribution in [0, 0.1) is 6.92 Å². The number of benzene rings is 2. The van der Waals surface area contributed by atoms with Crippen molar-refractivity contribution in [1.82, 2.24) is 10.2 Å². The van der Waals surface area contributed by atoms with Gasteiger partial charge in [-0.15, -0.1) is 0 Å². The summed E-state index contributed by atoms with van der Waals surface area (Å²) in [5.74, 6) is 0.702. The molecule has 0 fully saturated rings. The zero-order valence-electron chi connectivity index (χ0n) is 16.2. The van der Waals surface area contributed by atoms with E-state index in [9.17, 15) is 27.6 Å². The van der Waals surface area contributed by atoms with Gasteiger partial charge in [0.25, 0.3) is 0 Å². The molecule has 0 heterocycles. The molecule has 2 rings (SSSR count). The molecule has 0 aliphatic rings. The predicted molar refractivity (Wildman–Crippen MR) is 106 cm³/mol. The molecule has 0 aliphatic carbocycles. The van der Waals surface area contributed by atoms with Gasteiger partial charge in [0.2, 0.25) is 6.41 Å². The number of nitrogens with one attached hydrogen (secondary N) is 1. The standard InChI is InChI=1S/C19H18F3N3O4S/c1-12-10-13(25(11-26)18(28)24(3)17(27)23-2)4-9-16(12)29-14-5-7-15(8-6-14)30-19(20,21)22/h4-11H,1-3H3,(H,23,27). The largest absolute Gasteiger partial charge is 0.457 e. The van der Waals surface area contributed by atoms with E-state index in [1.165, 1.54) is 56.6 Å². The third-order valence-electron chi connectivity index (χ3n) is 3.84. The van der Waals surface area contributed by atoms with Crippen molar-refractivity contribution in [3.63, 3.8) is 0 Å². The first-order valence-corrected chi connectivity index (χ1v) is 9.25. The Labute approximate surface area is 174 Å². The number of amides is 5. The minimum Gasteiger partial charge on any atom is -0.457 e. The Morgan fingerprint density at radius 3 is 2.27 bits per heavy atom. The van der Waals surface area contributed by atoms with Crippen molar-refractivity contribution in [2.24, 2.45) is 0 Å². The third kappa shape index (κ3) is 5.89. The molecule has 2 aromatic carbocycles. The lowest BCUT2D eigenvalue weighted by Crippen LogP contribution is -2.47. The van der Waals surface area contributed by atoms with E-state index in [2.05, 4.69) is 5.32 Å². The molecular weight excluding hydrogens is 423 g/mol. The molecule has 1 N–H and O–H groups in total. The molecule has 7 nitrogen and oxygen atoms in total. The first-order valence-electron chi connectivity index (χ1n) is 8.44. The Kier molecular flexibility index (Phi) is 7.33. The van der Waals surface area contributed by atoms with Gasteiger partial charge >= 0.3 is 17.6 Å². The molecule has 160 valence electrons. The number of alkyl halides is 3. The van der Waals surface area contributed by atoms with Crippen molar-refractivity contribution in [2.75, 3.05) is 19.0 Å². The lowest BCUT2D eigenvalue weighted by molar-refractivity contribution is -0.106. The summed E-state index contributed by atoms with van der Waals surface area (Å²) in [7, 11) is 2.57. The molecular formula is C19H18F3N3O4S. The molecule has 0 unspecified atom stereocenters. The summed E-state index contributed by atoms with van der Waals surface area (Å²) in [4.78, 5) is 36.9. The van der Waals surface area contributed by atoms with E-state index in [4.69, 9.17) is 4.74 Å². The summed E-state index contributed by atoms with van der Waals surface area (Å²) in [5.41, 5.74) is -3.60. The molecule has 30 heavy (non-hydrogen) atoms. The van der Waals surface area contributed by atoms with Crippen LogP contribution >= 0.6 is 11.8 Å². The van der Waals surface area contributed by atoms with Crippen molar-refractivity contribution >= 4 is 35.9 Å². The van der Waals surface area contributed by atoms with Crippen molar-refractivity contribution in [3.8, 4) is 11.5 Å². The Morgan fingerprint density at radius 1 is 1.13 bits per heavy atom. The topological polar surface area (TPSA) is 79.0 Å². The zero-order valence-corrected chi connectivity index (χ0v) is 17.0. The number of carbonyl (C=O) groups is 3. The summed E-state index contributed by atoms with van der Waals surface area (Å²) in [6.45, 7) is 1.67. The minimum atomic E-state index is -4.37. The second-order valence-electron chi connectivity index (χ2n) is 5.94. The second kappa shape index (κ2) is 9.53. The van der Waals surface area contributed by atoms with Gasteiger partial charge in [-0.05, 0) is 66.7 Å². The van der Waals surface area contributed by atoms with Gasteiger partial charge in [0, 0.05) is 19.0 Å². The molecule has 0 radical (unpaired) electrons. The van der Waals surface area contributed by atoms with E-state index in [1.807, 2.05) is 0 Å². The highest BCUT2D eigenvalue weighted by atomic mass is 32.2. The van der Waals surface area contributed by atoms with Crippen LogP contribution in [-0.2, 0) is 4.79 Å². The number of rotatable bonds is 5. The first kappa shape index (κ1) is 23.1. The number of hydrogen-bond acceptors (Lipinski definition) is 5. The van der Waals surface area contributed by atoms with Crippen molar-refractivity contribution in [3.05, 3.63) is 48.0 Å². The molecule has 0 spiro atoms. The monoisotopic (exact) mass is 441 g/mol.